The fourth-order valence-corrected chi connectivity index (χ4v) is 3.30. The number of amidine groups is 1. The maximum Gasteiger partial charge on any atom is 0.165 e. The second kappa shape index (κ2) is 5.51. The SMILES string of the molecule is COc1ccc(C2=CC3=CN=C4CC(C)NN4C3N=C2Cl)cc1. The Morgan fingerprint density at radius 1 is 1.30 bits per heavy atom. The summed E-state index contributed by atoms with van der Waals surface area (Å²) < 4.78 is 5.20. The lowest BCUT2D eigenvalue weighted by molar-refractivity contribution is 0.267. The van der Waals surface area contributed by atoms with E-state index in [1.54, 1.807) is 7.11 Å². The molecule has 1 aromatic rings. The number of dihydropyridines is 1. The average Bonchev–Trinajstić information content (AvgIpc) is 2.95. The Morgan fingerprint density at radius 3 is 2.83 bits per heavy atom. The molecule has 0 saturated carbocycles. The smallest absolute Gasteiger partial charge is 0.165 e. The van der Waals surface area contributed by atoms with Crippen molar-refractivity contribution < 1.29 is 4.74 Å². The molecule has 0 aliphatic carbocycles. The van der Waals surface area contributed by atoms with Crippen molar-refractivity contribution in [1.29, 1.82) is 0 Å². The summed E-state index contributed by atoms with van der Waals surface area (Å²) >= 11 is 6.47. The number of fused-ring (bicyclic) bond motifs is 3. The van der Waals surface area contributed by atoms with E-state index in [-0.39, 0.29) is 6.17 Å². The third-order valence-electron chi connectivity index (χ3n) is 4.20. The molecule has 2 atom stereocenters. The third-order valence-corrected chi connectivity index (χ3v) is 4.50. The third kappa shape index (κ3) is 2.46. The van der Waals surface area contributed by atoms with Crippen LogP contribution in [0.1, 0.15) is 18.9 Å². The van der Waals surface area contributed by atoms with E-state index in [0.717, 1.165) is 34.7 Å². The van der Waals surface area contributed by atoms with Gasteiger partial charge in [-0.3, -0.25) is 5.01 Å². The van der Waals surface area contributed by atoms with E-state index in [0.29, 0.717) is 11.2 Å². The van der Waals surface area contributed by atoms with Crippen LogP contribution < -0.4 is 10.2 Å². The number of halogens is 1. The minimum atomic E-state index is -0.137. The summed E-state index contributed by atoms with van der Waals surface area (Å²) in [4.78, 5) is 9.23. The molecule has 3 heterocycles. The fraction of sp³-hybridized carbons (Fsp3) is 0.294. The number of allylic oxidation sites excluding steroid dienone is 1. The topological polar surface area (TPSA) is 49.2 Å². The molecule has 4 rings (SSSR count). The van der Waals surface area contributed by atoms with E-state index >= 15 is 0 Å². The van der Waals surface area contributed by atoms with Crippen LogP contribution in [0, 0.1) is 0 Å². The fourth-order valence-electron chi connectivity index (χ4n) is 3.04. The molecule has 3 aliphatic heterocycles. The average molecular weight is 329 g/mol. The maximum absolute atomic E-state index is 6.47. The Balaban J connectivity index is 1.69. The highest BCUT2D eigenvalue weighted by molar-refractivity contribution is 6.76. The zero-order valence-corrected chi connectivity index (χ0v) is 13.7. The highest BCUT2D eigenvalue weighted by atomic mass is 35.5. The van der Waals surface area contributed by atoms with Gasteiger partial charge in [-0.2, -0.15) is 0 Å². The maximum atomic E-state index is 6.47. The van der Waals surface area contributed by atoms with Gasteiger partial charge in [-0.25, -0.2) is 15.4 Å². The quantitative estimate of drug-likeness (QED) is 0.908. The van der Waals surface area contributed by atoms with Gasteiger partial charge in [0.1, 0.15) is 16.8 Å². The van der Waals surface area contributed by atoms with Gasteiger partial charge in [-0.1, -0.05) is 23.7 Å². The first kappa shape index (κ1) is 14.5. The summed E-state index contributed by atoms with van der Waals surface area (Å²) in [5.74, 6) is 1.83. The predicted molar refractivity (Wildman–Crippen MR) is 92.6 cm³/mol. The molecule has 0 spiro atoms. The van der Waals surface area contributed by atoms with Crippen molar-refractivity contribution in [1.82, 2.24) is 10.4 Å². The molecule has 1 saturated heterocycles. The van der Waals surface area contributed by atoms with Gasteiger partial charge in [-0.15, -0.1) is 0 Å². The molecule has 1 aromatic carbocycles. The summed E-state index contributed by atoms with van der Waals surface area (Å²) in [5.41, 5.74) is 6.34. The summed E-state index contributed by atoms with van der Waals surface area (Å²) in [5, 5.41) is 2.53. The van der Waals surface area contributed by atoms with E-state index in [4.69, 9.17) is 16.3 Å². The second-order valence-electron chi connectivity index (χ2n) is 5.86. The van der Waals surface area contributed by atoms with Gasteiger partial charge in [0, 0.05) is 29.8 Å². The zero-order valence-electron chi connectivity index (χ0n) is 13.0. The van der Waals surface area contributed by atoms with Crippen LogP contribution in [-0.2, 0) is 0 Å². The normalized spacial score (nSPS) is 25.8. The standard InChI is InChI=1S/C17H17ClN4O/c1-10-7-15-19-9-12-8-14(11-3-5-13(23-2)6-4-11)16(18)20-17(12)22(15)21-10/h3-6,8-10,17,21H,7H2,1-2H3. The number of methoxy groups -OCH3 is 1. The summed E-state index contributed by atoms with van der Waals surface area (Å²) in [6.45, 7) is 2.13. The molecule has 1 N–H and O–H groups in total. The number of benzene rings is 1. The lowest BCUT2D eigenvalue weighted by atomic mass is 9.99. The molecule has 0 amide bonds. The lowest BCUT2D eigenvalue weighted by Gasteiger charge is -2.32. The van der Waals surface area contributed by atoms with Gasteiger partial charge in [0.2, 0.25) is 0 Å². The van der Waals surface area contributed by atoms with Crippen molar-refractivity contribution in [2.45, 2.75) is 25.6 Å². The Hall–Kier alpha value is -2.11. The van der Waals surface area contributed by atoms with Gasteiger partial charge < -0.3 is 4.74 Å². The molecule has 5 nitrogen and oxygen atoms in total. The number of nitrogens with zero attached hydrogens (tertiary/aromatic N) is 3. The lowest BCUT2D eigenvalue weighted by Crippen LogP contribution is -2.46. The Labute approximate surface area is 140 Å². The van der Waals surface area contributed by atoms with Crippen LogP contribution in [0.5, 0.6) is 5.75 Å². The highest BCUT2D eigenvalue weighted by Crippen LogP contribution is 2.33. The number of rotatable bonds is 2. The number of nitrogens with one attached hydrogen (secondary N) is 1. The Kier molecular flexibility index (Phi) is 3.47. The molecule has 23 heavy (non-hydrogen) atoms. The van der Waals surface area contributed by atoms with Crippen LogP contribution in [-0.4, -0.2) is 35.3 Å². The van der Waals surface area contributed by atoms with Crippen LogP contribution in [0.25, 0.3) is 5.57 Å². The molecule has 6 heteroatoms. The predicted octanol–water partition coefficient (Wildman–Crippen LogP) is 2.95. The molecule has 0 radical (unpaired) electrons. The molecular weight excluding hydrogens is 312 g/mol. The van der Waals surface area contributed by atoms with Crippen LogP contribution in [0.4, 0.5) is 0 Å². The van der Waals surface area contributed by atoms with Crippen molar-refractivity contribution in [3.05, 3.63) is 47.7 Å². The van der Waals surface area contributed by atoms with Crippen LogP contribution in [0.3, 0.4) is 0 Å². The molecule has 2 unspecified atom stereocenters. The summed E-state index contributed by atoms with van der Waals surface area (Å²) in [7, 11) is 1.65. The van der Waals surface area contributed by atoms with E-state index in [2.05, 4.69) is 28.4 Å². The van der Waals surface area contributed by atoms with Crippen molar-refractivity contribution in [2.75, 3.05) is 7.11 Å². The first-order valence-electron chi connectivity index (χ1n) is 7.57. The van der Waals surface area contributed by atoms with Gasteiger partial charge in [0.15, 0.2) is 6.17 Å². The van der Waals surface area contributed by atoms with Crippen LogP contribution in [0.15, 0.2) is 52.1 Å². The van der Waals surface area contributed by atoms with Crippen molar-refractivity contribution in [3.63, 3.8) is 0 Å². The second-order valence-corrected chi connectivity index (χ2v) is 6.22. The monoisotopic (exact) mass is 328 g/mol. The van der Waals surface area contributed by atoms with Gasteiger partial charge in [0.25, 0.3) is 0 Å². The van der Waals surface area contributed by atoms with E-state index < -0.39 is 0 Å². The molecule has 118 valence electrons. The number of hydrogen-bond acceptors (Lipinski definition) is 5. The van der Waals surface area contributed by atoms with Crippen molar-refractivity contribution in [2.24, 2.45) is 9.98 Å². The van der Waals surface area contributed by atoms with E-state index in [1.165, 1.54) is 0 Å². The molecule has 0 aromatic heterocycles. The molecule has 0 bridgehead atoms. The molecule has 1 fully saturated rings. The summed E-state index contributed by atoms with van der Waals surface area (Å²) in [6, 6.07) is 8.17. The van der Waals surface area contributed by atoms with Gasteiger partial charge >= 0.3 is 0 Å². The number of hydrazine groups is 1. The number of ether oxygens (including phenoxy) is 1. The van der Waals surface area contributed by atoms with Crippen molar-refractivity contribution in [3.8, 4) is 5.75 Å². The van der Waals surface area contributed by atoms with E-state index in [1.807, 2.05) is 35.5 Å². The first-order valence-corrected chi connectivity index (χ1v) is 7.95. The summed E-state index contributed by atoms with van der Waals surface area (Å²) in [6.07, 6.45) is 4.73. The molecule has 3 aliphatic rings. The van der Waals surface area contributed by atoms with Gasteiger partial charge in [0.05, 0.1) is 7.11 Å². The minimum absolute atomic E-state index is 0.137. The van der Waals surface area contributed by atoms with Gasteiger partial charge in [-0.05, 0) is 30.7 Å². The number of aliphatic imine (C=N–C) groups is 2. The van der Waals surface area contributed by atoms with Crippen molar-refractivity contribution >= 4 is 28.2 Å². The Bertz CT molecular complexity index is 763. The molecular formula is C17H17ClN4O. The first-order chi connectivity index (χ1) is 11.2. The minimum Gasteiger partial charge on any atom is -0.497 e. The van der Waals surface area contributed by atoms with Crippen LogP contribution in [0.2, 0.25) is 0 Å². The van der Waals surface area contributed by atoms with Crippen LogP contribution >= 0.6 is 11.6 Å². The zero-order chi connectivity index (χ0) is 16.0. The Morgan fingerprint density at radius 2 is 2.09 bits per heavy atom. The highest BCUT2D eigenvalue weighted by Gasteiger charge is 2.36. The van der Waals surface area contributed by atoms with E-state index in [9.17, 15) is 0 Å². The number of hydrogen-bond donors (Lipinski definition) is 1. The largest absolute Gasteiger partial charge is 0.497 e.